The maximum absolute atomic E-state index is 9.59. The number of anilines is 1. The van der Waals surface area contributed by atoms with E-state index in [0.717, 1.165) is 12.0 Å². The Labute approximate surface area is 143 Å². The third-order valence-electron chi connectivity index (χ3n) is 3.10. The van der Waals surface area contributed by atoms with E-state index in [4.69, 9.17) is 46.4 Å². The average molecular weight is 365 g/mol. The first-order valence-electron chi connectivity index (χ1n) is 6.31. The average Bonchev–Trinajstić information content (AvgIpc) is 2.42. The molecule has 2 N–H and O–H groups in total. The Balaban J connectivity index is 2.31. The summed E-state index contributed by atoms with van der Waals surface area (Å²) in [7, 11) is 0. The smallest absolute Gasteiger partial charge is 0.152 e. The summed E-state index contributed by atoms with van der Waals surface area (Å²) in [6.07, 6.45) is 0.803. The Hall–Kier alpha value is -0.800. The second kappa shape index (κ2) is 6.97. The monoisotopic (exact) mass is 363 g/mol. The lowest BCUT2D eigenvalue weighted by Gasteiger charge is -2.20. The summed E-state index contributed by atoms with van der Waals surface area (Å²) in [5, 5.41) is 14.5. The summed E-state index contributed by atoms with van der Waals surface area (Å²) >= 11 is 24.0. The van der Waals surface area contributed by atoms with E-state index in [0.29, 0.717) is 15.7 Å². The summed E-state index contributed by atoms with van der Waals surface area (Å²) in [5.74, 6) is -0.124. The van der Waals surface area contributed by atoms with Crippen molar-refractivity contribution in [2.24, 2.45) is 0 Å². The van der Waals surface area contributed by atoms with Crippen LogP contribution in [0.25, 0.3) is 0 Å². The van der Waals surface area contributed by atoms with Crippen LogP contribution in [0, 0.1) is 0 Å². The van der Waals surface area contributed by atoms with Crippen LogP contribution in [-0.4, -0.2) is 5.11 Å². The molecule has 0 bridgehead atoms. The van der Waals surface area contributed by atoms with E-state index in [1.54, 1.807) is 24.3 Å². The molecule has 0 fully saturated rings. The van der Waals surface area contributed by atoms with Gasteiger partial charge in [0.1, 0.15) is 0 Å². The van der Waals surface area contributed by atoms with Crippen molar-refractivity contribution in [1.82, 2.24) is 0 Å². The fourth-order valence-electron chi connectivity index (χ4n) is 2.03. The van der Waals surface area contributed by atoms with Crippen LogP contribution in [0.15, 0.2) is 30.3 Å². The Morgan fingerprint density at radius 3 is 2.14 bits per heavy atom. The van der Waals surface area contributed by atoms with Gasteiger partial charge in [0.25, 0.3) is 0 Å². The minimum absolute atomic E-state index is 0.0218. The van der Waals surface area contributed by atoms with Crippen LogP contribution in [0.4, 0.5) is 5.69 Å². The first-order valence-corrected chi connectivity index (χ1v) is 7.83. The molecule has 0 radical (unpaired) electrons. The molecule has 0 aliphatic rings. The Kier molecular flexibility index (Phi) is 5.50. The van der Waals surface area contributed by atoms with Gasteiger partial charge in [0.2, 0.25) is 0 Å². The highest BCUT2D eigenvalue weighted by Crippen LogP contribution is 2.37. The normalized spacial score (nSPS) is 12.2. The standard InChI is InChI=1S/C15H13Cl4NO/c1-2-14(10-4-3-8(16)5-11(10)17)20-9-6-12(18)15(21)13(19)7-9/h3-7,14,20-21H,2H2,1H3. The predicted molar refractivity (Wildman–Crippen MR) is 91.2 cm³/mol. The number of halogens is 4. The maximum atomic E-state index is 9.59. The lowest BCUT2D eigenvalue weighted by atomic mass is 10.0. The van der Waals surface area contributed by atoms with Gasteiger partial charge < -0.3 is 10.4 Å². The molecule has 0 amide bonds. The van der Waals surface area contributed by atoms with Gasteiger partial charge in [-0.25, -0.2) is 0 Å². The number of aromatic hydroxyl groups is 1. The number of phenols is 1. The molecule has 0 heterocycles. The summed E-state index contributed by atoms with van der Waals surface area (Å²) in [6.45, 7) is 2.03. The highest BCUT2D eigenvalue weighted by molar-refractivity contribution is 6.37. The SMILES string of the molecule is CCC(Nc1cc(Cl)c(O)c(Cl)c1)c1ccc(Cl)cc1Cl. The second-order valence-electron chi connectivity index (χ2n) is 4.56. The van der Waals surface area contributed by atoms with Crippen LogP contribution in [0.5, 0.6) is 5.75 Å². The van der Waals surface area contributed by atoms with Crippen molar-refractivity contribution in [3.63, 3.8) is 0 Å². The van der Waals surface area contributed by atoms with Gasteiger partial charge in [-0.1, -0.05) is 59.4 Å². The highest BCUT2D eigenvalue weighted by atomic mass is 35.5. The third-order valence-corrected chi connectivity index (χ3v) is 4.24. The van der Waals surface area contributed by atoms with Gasteiger partial charge >= 0.3 is 0 Å². The number of benzene rings is 2. The van der Waals surface area contributed by atoms with Crippen LogP contribution < -0.4 is 5.32 Å². The molecule has 2 aromatic rings. The fourth-order valence-corrected chi connectivity index (χ4v) is 3.06. The fraction of sp³-hybridized carbons (Fsp3) is 0.200. The Morgan fingerprint density at radius 1 is 1.00 bits per heavy atom. The summed E-state index contributed by atoms with van der Waals surface area (Å²) in [5.41, 5.74) is 1.64. The Morgan fingerprint density at radius 2 is 1.62 bits per heavy atom. The van der Waals surface area contributed by atoms with Crippen molar-refractivity contribution in [2.75, 3.05) is 5.32 Å². The summed E-state index contributed by atoms with van der Waals surface area (Å²) in [6, 6.07) is 8.61. The molecule has 0 saturated carbocycles. The van der Waals surface area contributed by atoms with Gasteiger partial charge in [0.15, 0.2) is 5.75 Å². The van der Waals surface area contributed by atoms with E-state index in [-0.39, 0.29) is 21.8 Å². The summed E-state index contributed by atoms with van der Waals surface area (Å²) < 4.78 is 0. The molecule has 21 heavy (non-hydrogen) atoms. The number of nitrogens with one attached hydrogen (secondary N) is 1. The topological polar surface area (TPSA) is 32.3 Å². The maximum Gasteiger partial charge on any atom is 0.152 e. The van der Waals surface area contributed by atoms with Crippen LogP contribution in [0.1, 0.15) is 24.9 Å². The zero-order valence-electron chi connectivity index (χ0n) is 11.1. The van der Waals surface area contributed by atoms with Gasteiger partial charge in [-0.15, -0.1) is 0 Å². The van der Waals surface area contributed by atoms with Gasteiger partial charge in [-0.2, -0.15) is 0 Å². The number of hydrogen-bond acceptors (Lipinski definition) is 2. The van der Waals surface area contributed by atoms with Crippen molar-refractivity contribution in [1.29, 1.82) is 0 Å². The molecule has 0 aromatic heterocycles. The van der Waals surface area contributed by atoms with Crippen LogP contribution >= 0.6 is 46.4 Å². The number of hydrogen-bond donors (Lipinski definition) is 2. The van der Waals surface area contributed by atoms with Gasteiger partial charge in [0, 0.05) is 15.7 Å². The molecule has 0 aliphatic carbocycles. The lowest BCUT2D eigenvalue weighted by molar-refractivity contribution is 0.476. The van der Waals surface area contributed by atoms with Gasteiger partial charge in [0.05, 0.1) is 16.1 Å². The van der Waals surface area contributed by atoms with E-state index in [1.807, 2.05) is 13.0 Å². The van der Waals surface area contributed by atoms with Crippen molar-refractivity contribution in [3.05, 3.63) is 56.0 Å². The van der Waals surface area contributed by atoms with Gasteiger partial charge in [-0.05, 0) is 36.2 Å². The molecular formula is C15H13Cl4NO. The lowest BCUT2D eigenvalue weighted by Crippen LogP contribution is -2.10. The van der Waals surface area contributed by atoms with Crippen LogP contribution in [-0.2, 0) is 0 Å². The minimum atomic E-state index is -0.124. The highest BCUT2D eigenvalue weighted by Gasteiger charge is 2.15. The Bertz CT molecular complexity index is 637. The molecule has 6 heteroatoms. The molecular weight excluding hydrogens is 352 g/mol. The molecule has 2 aromatic carbocycles. The number of phenolic OH excluding ortho intramolecular Hbond substituents is 1. The predicted octanol–water partition coefficient (Wildman–Crippen LogP) is 6.57. The quantitative estimate of drug-likeness (QED) is 0.601. The van der Waals surface area contributed by atoms with Crippen molar-refractivity contribution in [3.8, 4) is 5.75 Å². The molecule has 0 saturated heterocycles. The second-order valence-corrected chi connectivity index (χ2v) is 6.22. The summed E-state index contributed by atoms with van der Waals surface area (Å²) in [4.78, 5) is 0. The molecule has 2 nitrogen and oxygen atoms in total. The molecule has 1 unspecified atom stereocenters. The molecule has 112 valence electrons. The van der Waals surface area contributed by atoms with Crippen molar-refractivity contribution in [2.45, 2.75) is 19.4 Å². The van der Waals surface area contributed by atoms with Gasteiger partial charge in [-0.3, -0.25) is 0 Å². The van der Waals surface area contributed by atoms with Crippen LogP contribution in [0.3, 0.4) is 0 Å². The first kappa shape index (κ1) is 16.6. The number of rotatable bonds is 4. The van der Waals surface area contributed by atoms with E-state index in [9.17, 15) is 5.11 Å². The van der Waals surface area contributed by atoms with E-state index in [1.165, 1.54) is 0 Å². The van der Waals surface area contributed by atoms with Crippen LogP contribution in [0.2, 0.25) is 20.1 Å². The minimum Gasteiger partial charge on any atom is -0.505 e. The zero-order chi connectivity index (χ0) is 15.6. The zero-order valence-corrected chi connectivity index (χ0v) is 14.2. The van der Waals surface area contributed by atoms with Crippen molar-refractivity contribution < 1.29 is 5.11 Å². The molecule has 1 atom stereocenters. The van der Waals surface area contributed by atoms with E-state index >= 15 is 0 Å². The largest absolute Gasteiger partial charge is 0.505 e. The third kappa shape index (κ3) is 3.89. The first-order chi connectivity index (χ1) is 9.92. The van der Waals surface area contributed by atoms with Crippen molar-refractivity contribution >= 4 is 52.1 Å². The molecule has 0 aliphatic heterocycles. The van der Waals surface area contributed by atoms with E-state index in [2.05, 4.69) is 5.32 Å². The van der Waals surface area contributed by atoms with E-state index < -0.39 is 0 Å². The molecule has 0 spiro atoms. The molecule has 2 rings (SSSR count).